The Kier molecular flexibility index (Phi) is 7.75. The Balaban J connectivity index is 1.60. The second-order valence-corrected chi connectivity index (χ2v) is 9.77. The number of thioether (sulfide) groups is 1. The number of hydrogen-bond acceptors (Lipinski definition) is 8. The maximum Gasteiger partial charge on any atom is 0.265 e. The molecule has 9 nitrogen and oxygen atoms in total. The molecule has 0 aliphatic heterocycles. The van der Waals surface area contributed by atoms with Crippen LogP contribution in [0.4, 0.5) is 5.13 Å². The van der Waals surface area contributed by atoms with E-state index in [4.69, 9.17) is 4.74 Å². The number of benzene rings is 1. The zero-order valence-electron chi connectivity index (χ0n) is 19.8. The Morgan fingerprint density at radius 2 is 1.97 bits per heavy atom. The molecule has 11 heteroatoms. The van der Waals surface area contributed by atoms with Gasteiger partial charge < -0.3 is 19.5 Å². The summed E-state index contributed by atoms with van der Waals surface area (Å²) in [5.41, 5.74) is 2.84. The predicted octanol–water partition coefficient (Wildman–Crippen LogP) is 3.77. The van der Waals surface area contributed by atoms with Gasteiger partial charge >= 0.3 is 0 Å². The van der Waals surface area contributed by atoms with Gasteiger partial charge in [-0.15, -0.1) is 10.2 Å². The number of carbonyl (C=O) groups excluding carboxylic acids is 2. The van der Waals surface area contributed by atoms with Gasteiger partial charge in [-0.1, -0.05) is 35.2 Å². The lowest BCUT2D eigenvalue weighted by Crippen LogP contribution is -2.21. The number of amides is 2. The molecule has 2 amide bonds. The van der Waals surface area contributed by atoms with E-state index in [1.807, 2.05) is 50.6 Å². The van der Waals surface area contributed by atoms with Crippen LogP contribution in [0.15, 0.2) is 23.4 Å². The second kappa shape index (κ2) is 10.3. The van der Waals surface area contributed by atoms with Gasteiger partial charge in [0.25, 0.3) is 5.91 Å². The Morgan fingerprint density at radius 3 is 2.67 bits per heavy atom. The van der Waals surface area contributed by atoms with Crippen molar-refractivity contribution in [3.8, 4) is 5.75 Å². The Hall–Kier alpha value is -2.92. The minimum atomic E-state index is -0.308. The van der Waals surface area contributed by atoms with E-state index < -0.39 is 0 Å². The van der Waals surface area contributed by atoms with Crippen LogP contribution in [0.25, 0.3) is 0 Å². The summed E-state index contributed by atoms with van der Waals surface area (Å²) in [5, 5.41) is 12.2. The first kappa shape index (κ1) is 24.7. The lowest BCUT2D eigenvalue weighted by atomic mass is 10.1. The Labute approximate surface area is 201 Å². The van der Waals surface area contributed by atoms with Crippen molar-refractivity contribution in [2.45, 2.75) is 39.0 Å². The summed E-state index contributed by atoms with van der Waals surface area (Å²) in [6.45, 7) is 7.74. The van der Waals surface area contributed by atoms with Gasteiger partial charge in [0.2, 0.25) is 5.91 Å². The van der Waals surface area contributed by atoms with Crippen molar-refractivity contribution in [1.82, 2.24) is 24.6 Å². The molecule has 2 aromatic heterocycles. The van der Waals surface area contributed by atoms with Crippen LogP contribution in [0, 0.1) is 20.8 Å². The lowest BCUT2D eigenvalue weighted by molar-refractivity contribution is -0.113. The lowest BCUT2D eigenvalue weighted by Gasteiger charge is -2.16. The van der Waals surface area contributed by atoms with Gasteiger partial charge in [0, 0.05) is 21.1 Å². The highest BCUT2D eigenvalue weighted by Crippen LogP contribution is 2.28. The van der Waals surface area contributed by atoms with Crippen molar-refractivity contribution in [2.24, 2.45) is 7.05 Å². The molecule has 0 radical (unpaired) electrons. The monoisotopic (exact) mass is 488 g/mol. The molecule has 3 aromatic rings. The van der Waals surface area contributed by atoms with Gasteiger partial charge in [-0.2, -0.15) is 0 Å². The first-order valence-electron chi connectivity index (χ1n) is 10.3. The van der Waals surface area contributed by atoms with E-state index in [0.717, 1.165) is 16.9 Å². The molecule has 0 fully saturated rings. The number of aryl methyl sites for hydroxylation is 2. The third kappa shape index (κ3) is 5.72. The van der Waals surface area contributed by atoms with E-state index >= 15 is 0 Å². The van der Waals surface area contributed by atoms with Crippen molar-refractivity contribution in [1.29, 1.82) is 0 Å². The van der Waals surface area contributed by atoms with Gasteiger partial charge in [0.05, 0.1) is 11.4 Å². The number of rotatable bonds is 8. The van der Waals surface area contributed by atoms with Crippen LogP contribution < -0.4 is 10.1 Å². The molecule has 3 rings (SSSR count). The van der Waals surface area contributed by atoms with Crippen LogP contribution in [-0.4, -0.2) is 56.3 Å². The molecule has 0 saturated heterocycles. The molecule has 0 spiro atoms. The first-order chi connectivity index (χ1) is 15.6. The smallest absolute Gasteiger partial charge is 0.265 e. The standard InChI is InChI=1S/C22H28N6O3S2/c1-12-9-8-10-16(13(12)2)31-15(4)19-25-26-22(28(19)7)32-11-17(29)24-21-23-14(3)18(33-21)20(30)27(5)6/h8-10,15H,11H2,1-7H3,(H,23,24,29). The van der Waals surface area contributed by atoms with Crippen molar-refractivity contribution in [2.75, 3.05) is 25.2 Å². The van der Waals surface area contributed by atoms with Crippen LogP contribution >= 0.6 is 23.1 Å². The molecule has 0 aliphatic carbocycles. The first-order valence-corrected chi connectivity index (χ1v) is 12.1. The summed E-state index contributed by atoms with van der Waals surface area (Å²) in [6, 6.07) is 5.94. The fraction of sp³-hybridized carbons (Fsp3) is 0.409. The molecule has 33 heavy (non-hydrogen) atoms. The van der Waals surface area contributed by atoms with E-state index in [0.29, 0.717) is 26.7 Å². The zero-order valence-corrected chi connectivity index (χ0v) is 21.4. The van der Waals surface area contributed by atoms with Crippen LogP contribution in [-0.2, 0) is 11.8 Å². The average Bonchev–Trinajstić information content (AvgIpc) is 3.31. The molecule has 2 heterocycles. The van der Waals surface area contributed by atoms with Gasteiger partial charge in [-0.3, -0.25) is 9.59 Å². The van der Waals surface area contributed by atoms with Crippen LogP contribution in [0.1, 0.15) is 45.3 Å². The number of nitrogens with zero attached hydrogens (tertiary/aromatic N) is 5. The quantitative estimate of drug-likeness (QED) is 0.482. The molecular formula is C22H28N6O3S2. The van der Waals surface area contributed by atoms with Crippen LogP contribution in [0.5, 0.6) is 5.75 Å². The largest absolute Gasteiger partial charge is 0.482 e. The van der Waals surface area contributed by atoms with Gasteiger partial charge in [-0.05, 0) is 44.9 Å². The number of thiazole rings is 1. The number of nitrogens with one attached hydrogen (secondary N) is 1. The fourth-order valence-corrected chi connectivity index (χ4v) is 4.76. The summed E-state index contributed by atoms with van der Waals surface area (Å²) < 4.78 is 7.94. The number of hydrogen-bond donors (Lipinski definition) is 1. The van der Waals surface area contributed by atoms with Crippen molar-refractivity contribution in [3.63, 3.8) is 0 Å². The summed E-state index contributed by atoms with van der Waals surface area (Å²) in [5.74, 6) is 1.24. The summed E-state index contributed by atoms with van der Waals surface area (Å²) in [7, 11) is 5.21. The molecule has 1 atom stereocenters. The number of ether oxygens (including phenoxy) is 1. The van der Waals surface area contributed by atoms with Gasteiger partial charge in [0.1, 0.15) is 10.6 Å². The molecular weight excluding hydrogens is 460 g/mol. The SMILES string of the molecule is Cc1cccc(OC(C)c2nnc(SCC(=O)Nc3nc(C)c(C(=O)N(C)C)s3)n2C)c1C. The average molecular weight is 489 g/mol. The van der Waals surface area contributed by atoms with Crippen LogP contribution in [0.2, 0.25) is 0 Å². The maximum absolute atomic E-state index is 12.4. The molecule has 1 N–H and O–H groups in total. The van der Waals surface area contributed by atoms with Gasteiger partial charge in [-0.25, -0.2) is 4.98 Å². The normalized spacial score (nSPS) is 11.8. The van der Waals surface area contributed by atoms with E-state index in [1.165, 1.54) is 28.0 Å². The fourth-order valence-electron chi connectivity index (χ4n) is 3.04. The highest BCUT2D eigenvalue weighted by molar-refractivity contribution is 7.99. The number of aromatic nitrogens is 4. The van der Waals surface area contributed by atoms with Crippen molar-refractivity contribution >= 4 is 40.0 Å². The van der Waals surface area contributed by atoms with Crippen LogP contribution in [0.3, 0.4) is 0 Å². The third-order valence-electron chi connectivity index (χ3n) is 5.07. The van der Waals surface area contributed by atoms with E-state index in [9.17, 15) is 9.59 Å². The molecule has 176 valence electrons. The molecule has 1 unspecified atom stereocenters. The molecule has 0 saturated carbocycles. The number of carbonyl (C=O) groups is 2. The van der Waals surface area contributed by atoms with Gasteiger partial charge in [0.15, 0.2) is 22.2 Å². The van der Waals surface area contributed by atoms with Crippen molar-refractivity contribution in [3.05, 3.63) is 45.7 Å². The molecule has 1 aromatic carbocycles. The number of anilines is 1. The Bertz CT molecular complexity index is 1170. The zero-order chi connectivity index (χ0) is 24.3. The minimum Gasteiger partial charge on any atom is -0.482 e. The summed E-state index contributed by atoms with van der Waals surface area (Å²) in [4.78, 5) is 30.9. The van der Waals surface area contributed by atoms with E-state index in [-0.39, 0.29) is 23.7 Å². The minimum absolute atomic E-state index is 0.133. The third-order valence-corrected chi connectivity index (χ3v) is 7.15. The summed E-state index contributed by atoms with van der Waals surface area (Å²) >= 11 is 2.44. The van der Waals surface area contributed by atoms with Crippen molar-refractivity contribution < 1.29 is 14.3 Å². The molecule has 0 aliphatic rings. The van der Waals surface area contributed by atoms with E-state index in [1.54, 1.807) is 21.0 Å². The molecule has 0 bridgehead atoms. The second-order valence-electron chi connectivity index (χ2n) is 7.83. The van der Waals surface area contributed by atoms with E-state index in [2.05, 4.69) is 20.5 Å². The summed E-state index contributed by atoms with van der Waals surface area (Å²) in [6.07, 6.45) is -0.308. The highest BCUT2D eigenvalue weighted by atomic mass is 32.2. The predicted molar refractivity (Wildman–Crippen MR) is 130 cm³/mol. The Morgan fingerprint density at radius 1 is 1.24 bits per heavy atom. The highest BCUT2D eigenvalue weighted by Gasteiger charge is 2.20. The topological polar surface area (TPSA) is 102 Å². The maximum atomic E-state index is 12.4.